The minimum absolute atomic E-state index is 0.720. The van der Waals surface area contributed by atoms with Gasteiger partial charge < -0.3 is 15.1 Å². The van der Waals surface area contributed by atoms with Crippen molar-refractivity contribution in [2.45, 2.75) is 77.0 Å². The molecule has 2 saturated heterocycles. The number of likely N-dealkylation sites (tertiary alicyclic amines) is 2. The molecular formula is C18H35N3. The van der Waals surface area contributed by atoms with Crippen LogP contribution in [0, 0.1) is 11.8 Å². The van der Waals surface area contributed by atoms with Gasteiger partial charge in [-0.1, -0.05) is 6.42 Å². The van der Waals surface area contributed by atoms with Gasteiger partial charge >= 0.3 is 0 Å². The molecule has 1 N–H and O–H groups in total. The zero-order valence-electron chi connectivity index (χ0n) is 14.5. The predicted octanol–water partition coefficient (Wildman–Crippen LogP) is 2.57. The van der Waals surface area contributed by atoms with Gasteiger partial charge in [-0.05, 0) is 71.9 Å². The zero-order valence-corrected chi connectivity index (χ0v) is 14.5. The molecule has 21 heavy (non-hydrogen) atoms. The van der Waals surface area contributed by atoms with Crippen LogP contribution >= 0.6 is 0 Å². The van der Waals surface area contributed by atoms with Crippen molar-refractivity contribution in [2.75, 3.05) is 26.7 Å². The largest absolute Gasteiger partial charge is 0.310 e. The molecule has 0 radical (unpaired) electrons. The fraction of sp³-hybridized carbons (Fsp3) is 1.00. The molecule has 4 unspecified atom stereocenters. The Morgan fingerprint density at radius 2 is 1.71 bits per heavy atom. The first-order valence-electron chi connectivity index (χ1n) is 9.25. The Morgan fingerprint density at radius 1 is 1.05 bits per heavy atom. The molecule has 1 aliphatic carbocycles. The summed E-state index contributed by atoms with van der Waals surface area (Å²) in [5, 5.41) is 4.12. The summed E-state index contributed by atoms with van der Waals surface area (Å²) in [6, 6.07) is 3.02. The Labute approximate surface area is 131 Å². The van der Waals surface area contributed by atoms with Gasteiger partial charge in [0.25, 0.3) is 0 Å². The second kappa shape index (κ2) is 6.55. The SMILES string of the molecule is CC1CC(NC2C3CCCC2CN(C(C)C)C3)CCN1C. The standard InChI is InChI=1S/C18H35N3/c1-13(2)21-11-15-6-5-7-16(12-21)18(15)19-17-8-9-20(4)14(3)10-17/h13-19H,5-12H2,1-4H3. The highest BCUT2D eigenvalue weighted by atomic mass is 15.2. The highest BCUT2D eigenvalue weighted by Crippen LogP contribution is 2.36. The summed E-state index contributed by atoms with van der Waals surface area (Å²) in [7, 11) is 2.27. The van der Waals surface area contributed by atoms with E-state index in [9.17, 15) is 0 Å². The summed E-state index contributed by atoms with van der Waals surface area (Å²) in [6.07, 6.45) is 7.02. The van der Waals surface area contributed by atoms with Crippen molar-refractivity contribution in [1.82, 2.24) is 15.1 Å². The molecule has 1 saturated carbocycles. The Kier molecular flexibility index (Phi) is 4.92. The van der Waals surface area contributed by atoms with E-state index < -0.39 is 0 Å². The van der Waals surface area contributed by atoms with Crippen molar-refractivity contribution in [3.63, 3.8) is 0 Å². The monoisotopic (exact) mass is 293 g/mol. The van der Waals surface area contributed by atoms with Crippen LogP contribution in [0.1, 0.15) is 52.9 Å². The first-order valence-corrected chi connectivity index (χ1v) is 9.25. The van der Waals surface area contributed by atoms with Gasteiger partial charge in [0.05, 0.1) is 0 Å². The maximum absolute atomic E-state index is 4.12. The summed E-state index contributed by atoms with van der Waals surface area (Å²) < 4.78 is 0. The van der Waals surface area contributed by atoms with Crippen LogP contribution in [-0.4, -0.2) is 60.6 Å². The lowest BCUT2D eigenvalue weighted by molar-refractivity contribution is 0.0189. The molecule has 0 aromatic heterocycles. The normalized spacial score (nSPS) is 42.4. The van der Waals surface area contributed by atoms with Gasteiger partial charge in [0.15, 0.2) is 0 Å². The highest BCUT2D eigenvalue weighted by Gasteiger charge is 2.41. The molecule has 3 heteroatoms. The van der Waals surface area contributed by atoms with E-state index in [1.807, 2.05) is 0 Å². The molecule has 3 aliphatic rings. The van der Waals surface area contributed by atoms with Crippen LogP contribution in [0.25, 0.3) is 0 Å². The second-order valence-electron chi connectivity index (χ2n) is 8.24. The van der Waals surface area contributed by atoms with Crippen molar-refractivity contribution in [1.29, 1.82) is 0 Å². The topological polar surface area (TPSA) is 18.5 Å². The van der Waals surface area contributed by atoms with Crippen molar-refractivity contribution in [2.24, 2.45) is 11.8 Å². The number of nitrogens with one attached hydrogen (secondary N) is 1. The summed E-state index contributed by atoms with van der Waals surface area (Å²) in [5.41, 5.74) is 0. The van der Waals surface area contributed by atoms with Crippen LogP contribution in [0.2, 0.25) is 0 Å². The minimum Gasteiger partial charge on any atom is -0.310 e. The van der Waals surface area contributed by atoms with Crippen LogP contribution in [0.15, 0.2) is 0 Å². The van der Waals surface area contributed by atoms with Crippen LogP contribution in [0.3, 0.4) is 0 Å². The average molecular weight is 293 g/mol. The van der Waals surface area contributed by atoms with E-state index in [1.54, 1.807) is 0 Å². The highest BCUT2D eigenvalue weighted by molar-refractivity contribution is 4.97. The molecule has 3 fully saturated rings. The van der Waals surface area contributed by atoms with Crippen LogP contribution in [-0.2, 0) is 0 Å². The molecule has 0 amide bonds. The van der Waals surface area contributed by atoms with Gasteiger partial charge in [0.2, 0.25) is 0 Å². The summed E-state index contributed by atoms with van der Waals surface area (Å²) in [6.45, 7) is 11.0. The fourth-order valence-electron chi connectivity index (χ4n) is 4.88. The van der Waals surface area contributed by atoms with Crippen LogP contribution in [0.4, 0.5) is 0 Å². The van der Waals surface area contributed by atoms with E-state index in [2.05, 4.69) is 42.9 Å². The number of rotatable bonds is 3. The lowest BCUT2D eigenvalue weighted by Gasteiger charge is -2.51. The molecule has 122 valence electrons. The molecule has 0 aromatic rings. The fourth-order valence-corrected chi connectivity index (χ4v) is 4.88. The van der Waals surface area contributed by atoms with E-state index in [1.165, 1.54) is 51.7 Å². The number of fused-ring (bicyclic) bond motifs is 2. The minimum atomic E-state index is 0.720. The lowest BCUT2D eigenvalue weighted by Crippen LogP contribution is -2.61. The number of piperidine rings is 2. The number of hydrogen-bond donors (Lipinski definition) is 1. The lowest BCUT2D eigenvalue weighted by atomic mass is 9.72. The third-order valence-corrected chi connectivity index (χ3v) is 6.47. The third kappa shape index (κ3) is 3.46. The van der Waals surface area contributed by atoms with E-state index in [0.29, 0.717) is 0 Å². The van der Waals surface area contributed by atoms with Gasteiger partial charge in [-0.25, -0.2) is 0 Å². The maximum atomic E-state index is 4.12. The molecule has 2 heterocycles. The number of nitrogens with zero attached hydrogens (tertiary/aromatic N) is 2. The molecular weight excluding hydrogens is 258 g/mol. The Hall–Kier alpha value is -0.120. The molecule has 4 atom stereocenters. The molecule has 2 aliphatic heterocycles. The quantitative estimate of drug-likeness (QED) is 0.863. The average Bonchev–Trinajstić information content (AvgIpc) is 2.42. The Bertz CT molecular complexity index is 329. The van der Waals surface area contributed by atoms with Crippen molar-refractivity contribution < 1.29 is 0 Å². The van der Waals surface area contributed by atoms with Crippen molar-refractivity contribution in [3.05, 3.63) is 0 Å². The Morgan fingerprint density at radius 3 is 2.29 bits per heavy atom. The zero-order chi connectivity index (χ0) is 15.0. The number of hydrogen-bond acceptors (Lipinski definition) is 3. The molecule has 3 nitrogen and oxygen atoms in total. The molecule has 3 rings (SSSR count). The van der Waals surface area contributed by atoms with Gasteiger partial charge in [0, 0.05) is 37.3 Å². The van der Waals surface area contributed by atoms with Gasteiger partial charge in [-0.15, -0.1) is 0 Å². The summed E-state index contributed by atoms with van der Waals surface area (Å²) in [5.74, 6) is 1.80. The van der Waals surface area contributed by atoms with E-state index in [4.69, 9.17) is 0 Å². The smallest absolute Gasteiger partial charge is 0.0151 e. The molecule has 2 bridgehead atoms. The van der Waals surface area contributed by atoms with Crippen molar-refractivity contribution in [3.8, 4) is 0 Å². The predicted molar refractivity (Wildman–Crippen MR) is 89.6 cm³/mol. The third-order valence-electron chi connectivity index (χ3n) is 6.47. The Balaban J connectivity index is 1.60. The van der Waals surface area contributed by atoms with Gasteiger partial charge in [-0.3, -0.25) is 0 Å². The van der Waals surface area contributed by atoms with Gasteiger partial charge in [-0.2, -0.15) is 0 Å². The summed E-state index contributed by atoms with van der Waals surface area (Å²) in [4.78, 5) is 5.24. The second-order valence-corrected chi connectivity index (χ2v) is 8.24. The molecule has 0 spiro atoms. The molecule has 0 aromatic carbocycles. The first-order chi connectivity index (χ1) is 10.0. The van der Waals surface area contributed by atoms with Crippen molar-refractivity contribution >= 4 is 0 Å². The van der Waals surface area contributed by atoms with Gasteiger partial charge in [0.1, 0.15) is 0 Å². The maximum Gasteiger partial charge on any atom is 0.0151 e. The first kappa shape index (κ1) is 15.8. The van der Waals surface area contributed by atoms with E-state index in [-0.39, 0.29) is 0 Å². The summed E-state index contributed by atoms with van der Waals surface area (Å²) >= 11 is 0. The van der Waals surface area contributed by atoms with Crippen LogP contribution in [0.5, 0.6) is 0 Å². The van der Waals surface area contributed by atoms with E-state index >= 15 is 0 Å². The van der Waals surface area contributed by atoms with E-state index in [0.717, 1.165) is 36.0 Å². The van der Waals surface area contributed by atoms with Crippen LogP contribution < -0.4 is 5.32 Å².